The molecule has 2 heterocycles. The van der Waals surface area contributed by atoms with E-state index in [4.69, 9.17) is 9.47 Å². The van der Waals surface area contributed by atoms with E-state index in [1.165, 1.54) is 6.92 Å². The summed E-state index contributed by atoms with van der Waals surface area (Å²) in [5.41, 5.74) is -0.140. The monoisotopic (exact) mass is 227 g/mol. The molecular formula is C12H21NO3. The molecule has 0 aromatic carbocycles. The van der Waals surface area contributed by atoms with E-state index >= 15 is 0 Å². The smallest absolute Gasteiger partial charge is 0.217 e. The van der Waals surface area contributed by atoms with Gasteiger partial charge in [-0.05, 0) is 18.3 Å². The predicted octanol–water partition coefficient (Wildman–Crippen LogP) is 1.30. The molecule has 0 saturated carbocycles. The first-order valence-electron chi connectivity index (χ1n) is 6.06. The van der Waals surface area contributed by atoms with Gasteiger partial charge in [-0.2, -0.15) is 0 Å². The molecule has 0 unspecified atom stereocenters. The van der Waals surface area contributed by atoms with E-state index in [1.54, 1.807) is 0 Å². The standard InChI is InChI=1S/C12H21NO3/c1-5-12-6-15-11(16-12)10(13-9(4)14)7(2)8(12)3/h7-8,10-11H,5-6H2,1-4H3,(H,13,14)/t7-,8+,10+,11-,12-/m0/s1. The second-order valence-corrected chi connectivity index (χ2v) is 5.09. The molecule has 16 heavy (non-hydrogen) atoms. The summed E-state index contributed by atoms with van der Waals surface area (Å²) in [4.78, 5) is 11.2. The summed E-state index contributed by atoms with van der Waals surface area (Å²) in [5, 5.41) is 2.94. The van der Waals surface area contributed by atoms with E-state index < -0.39 is 0 Å². The molecule has 0 aliphatic carbocycles. The summed E-state index contributed by atoms with van der Waals surface area (Å²) < 4.78 is 11.7. The first-order chi connectivity index (χ1) is 7.50. The van der Waals surface area contributed by atoms with Gasteiger partial charge in [0.05, 0.1) is 18.2 Å². The van der Waals surface area contributed by atoms with Crippen LogP contribution in [-0.4, -0.2) is 30.4 Å². The van der Waals surface area contributed by atoms with E-state index in [0.29, 0.717) is 18.4 Å². The summed E-state index contributed by atoms with van der Waals surface area (Å²) in [6, 6.07) is -0.0188. The van der Waals surface area contributed by atoms with Crippen molar-refractivity contribution in [1.29, 1.82) is 0 Å². The van der Waals surface area contributed by atoms with E-state index in [2.05, 4.69) is 26.1 Å². The Bertz CT molecular complexity index is 294. The maximum atomic E-state index is 11.2. The minimum absolute atomic E-state index is 0.0188. The number of carbonyl (C=O) groups is 1. The molecule has 4 heteroatoms. The zero-order valence-electron chi connectivity index (χ0n) is 10.4. The third kappa shape index (κ3) is 1.64. The molecule has 2 aliphatic heterocycles. The normalized spacial score (nSPS) is 46.8. The molecule has 1 N–H and O–H groups in total. The zero-order valence-corrected chi connectivity index (χ0v) is 10.4. The summed E-state index contributed by atoms with van der Waals surface area (Å²) in [7, 11) is 0. The van der Waals surface area contributed by atoms with Crippen molar-refractivity contribution in [2.45, 2.75) is 52.0 Å². The van der Waals surface area contributed by atoms with Crippen LogP contribution in [0, 0.1) is 11.8 Å². The lowest BCUT2D eigenvalue weighted by Gasteiger charge is -2.44. The summed E-state index contributed by atoms with van der Waals surface area (Å²) >= 11 is 0. The molecule has 92 valence electrons. The number of rotatable bonds is 2. The quantitative estimate of drug-likeness (QED) is 0.773. The average molecular weight is 227 g/mol. The second-order valence-electron chi connectivity index (χ2n) is 5.09. The Morgan fingerprint density at radius 2 is 2.19 bits per heavy atom. The van der Waals surface area contributed by atoms with Gasteiger partial charge in [-0.15, -0.1) is 0 Å². The van der Waals surface area contributed by atoms with Crippen LogP contribution < -0.4 is 5.32 Å². The molecule has 5 atom stereocenters. The second kappa shape index (κ2) is 4.00. The van der Waals surface area contributed by atoms with Crippen LogP contribution in [0.3, 0.4) is 0 Å². The minimum atomic E-state index is -0.268. The van der Waals surface area contributed by atoms with Crippen LogP contribution in [0.1, 0.15) is 34.1 Å². The lowest BCUT2D eigenvalue weighted by Crippen LogP contribution is -2.57. The van der Waals surface area contributed by atoms with Crippen molar-refractivity contribution in [3.8, 4) is 0 Å². The lowest BCUT2D eigenvalue weighted by molar-refractivity contribution is -0.180. The molecule has 1 amide bonds. The molecular weight excluding hydrogens is 206 g/mol. The van der Waals surface area contributed by atoms with Crippen LogP contribution in [-0.2, 0) is 14.3 Å². The Morgan fingerprint density at radius 3 is 2.75 bits per heavy atom. The van der Waals surface area contributed by atoms with Crippen LogP contribution in [0.5, 0.6) is 0 Å². The molecule has 0 radical (unpaired) electrons. The SMILES string of the molecule is CC[C@@]12CO[C@@H](O1)[C@H](NC(C)=O)[C@@H](C)[C@H]2C. The van der Waals surface area contributed by atoms with Gasteiger partial charge in [-0.25, -0.2) is 0 Å². The highest BCUT2D eigenvalue weighted by molar-refractivity contribution is 5.73. The van der Waals surface area contributed by atoms with Crippen molar-refractivity contribution in [2.75, 3.05) is 6.61 Å². The third-order valence-electron chi connectivity index (χ3n) is 4.29. The molecule has 0 aromatic heterocycles. The van der Waals surface area contributed by atoms with Gasteiger partial charge in [-0.3, -0.25) is 4.79 Å². The van der Waals surface area contributed by atoms with Crippen LogP contribution >= 0.6 is 0 Å². The maximum Gasteiger partial charge on any atom is 0.217 e. The molecule has 2 saturated heterocycles. The molecule has 2 bridgehead atoms. The Kier molecular flexibility index (Phi) is 2.97. The van der Waals surface area contributed by atoms with Crippen molar-refractivity contribution in [3.05, 3.63) is 0 Å². The number of hydrogen-bond acceptors (Lipinski definition) is 3. The number of ether oxygens (including phenoxy) is 2. The van der Waals surface area contributed by atoms with E-state index in [1.807, 2.05) is 0 Å². The molecule has 2 aliphatic rings. The molecule has 2 fully saturated rings. The van der Waals surface area contributed by atoms with E-state index in [9.17, 15) is 4.79 Å². The van der Waals surface area contributed by atoms with Crippen LogP contribution in [0.25, 0.3) is 0 Å². The Morgan fingerprint density at radius 1 is 1.50 bits per heavy atom. The van der Waals surface area contributed by atoms with Gasteiger partial charge < -0.3 is 14.8 Å². The number of hydrogen-bond donors (Lipinski definition) is 1. The van der Waals surface area contributed by atoms with Crippen LogP contribution in [0.2, 0.25) is 0 Å². The van der Waals surface area contributed by atoms with Crippen molar-refractivity contribution in [1.82, 2.24) is 5.32 Å². The average Bonchev–Trinajstić information content (AvgIpc) is 2.65. The van der Waals surface area contributed by atoms with E-state index in [0.717, 1.165) is 6.42 Å². The van der Waals surface area contributed by atoms with E-state index in [-0.39, 0.29) is 23.8 Å². The van der Waals surface area contributed by atoms with Gasteiger partial charge >= 0.3 is 0 Å². The highest BCUT2D eigenvalue weighted by Crippen LogP contribution is 2.45. The number of carbonyl (C=O) groups excluding carboxylic acids is 1. The fourth-order valence-corrected chi connectivity index (χ4v) is 2.92. The first kappa shape index (κ1) is 11.9. The van der Waals surface area contributed by atoms with Gasteiger partial charge in [0, 0.05) is 6.92 Å². The predicted molar refractivity (Wildman–Crippen MR) is 59.8 cm³/mol. The highest BCUT2D eigenvalue weighted by Gasteiger charge is 2.55. The fourth-order valence-electron chi connectivity index (χ4n) is 2.92. The van der Waals surface area contributed by atoms with Crippen molar-refractivity contribution in [3.63, 3.8) is 0 Å². The van der Waals surface area contributed by atoms with Gasteiger partial charge in [0.25, 0.3) is 0 Å². The van der Waals surface area contributed by atoms with Crippen molar-refractivity contribution < 1.29 is 14.3 Å². The Labute approximate surface area is 96.7 Å². The first-order valence-corrected chi connectivity index (χ1v) is 6.06. The van der Waals surface area contributed by atoms with Crippen LogP contribution in [0.4, 0.5) is 0 Å². The minimum Gasteiger partial charge on any atom is -0.348 e. The largest absolute Gasteiger partial charge is 0.348 e. The zero-order chi connectivity index (χ0) is 11.9. The fraction of sp³-hybridized carbons (Fsp3) is 0.917. The number of amides is 1. The molecule has 2 rings (SSSR count). The maximum absolute atomic E-state index is 11.2. The number of nitrogens with one attached hydrogen (secondary N) is 1. The van der Waals surface area contributed by atoms with Gasteiger partial charge in [0.2, 0.25) is 5.91 Å². The van der Waals surface area contributed by atoms with Gasteiger partial charge in [0.15, 0.2) is 6.29 Å². The van der Waals surface area contributed by atoms with Gasteiger partial charge in [-0.1, -0.05) is 20.8 Å². The summed E-state index contributed by atoms with van der Waals surface area (Å²) in [6.45, 7) is 8.67. The Hall–Kier alpha value is -0.610. The van der Waals surface area contributed by atoms with Gasteiger partial charge in [0.1, 0.15) is 0 Å². The highest BCUT2D eigenvalue weighted by atomic mass is 16.7. The molecule has 0 spiro atoms. The Balaban J connectivity index is 2.19. The molecule has 0 aromatic rings. The summed E-state index contributed by atoms with van der Waals surface area (Å²) in [6.07, 6.45) is 0.692. The lowest BCUT2D eigenvalue weighted by atomic mass is 9.74. The topological polar surface area (TPSA) is 47.6 Å². The van der Waals surface area contributed by atoms with Crippen molar-refractivity contribution in [2.24, 2.45) is 11.8 Å². The van der Waals surface area contributed by atoms with Crippen molar-refractivity contribution >= 4 is 5.91 Å². The molecule has 4 nitrogen and oxygen atoms in total. The van der Waals surface area contributed by atoms with Crippen LogP contribution in [0.15, 0.2) is 0 Å². The summed E-state index contributed by atoms with van der Waals surface area (Å²) in [5.74, 6) is 0.755. The third-order valence-corrected chi connectivity index (χ3v) is 4.29. The number of fused-ring (bicyclic) bond motifs is 2.